The number of carbonyl (C=O) groups is 1. The van der Waals surface area contributed by atoms with Crippen molar-refractivity contribution in [3.63, 3.8) is 0 Å². The van der Waals surface area contributed by atoms with Crippen LogP contribution in [0, 0.1) is 0 Å². The number of methoxy groups -OCH3 is 1. The van der Waals surface area contributed by atoms with Crippen LogP contribution in [0.2, 0.25) is 0 Å². The number of benzene rings is 3. The van der Waals surface area contributed by atoms with Gasteiger partial charge in [-0.15, -0.1) is 11.3 Å². The van der Waals surface area contributed by atoms with E-state index in [4.69, 9.17) is 4.74 Å². The molecule has 0 fully saturated rings. The Morgan fingerprint density at radius 1 is 1.12 bits per heavy atom. The highest BCUT2D eigenvalue weighted by Crippen LogP contribution is 2.26. The maximum atomic E-state index is 12.6. The first-order chi connectivity index (χ1) is 15.7. The van der Waals surface area contributed by atoms with Crippen LogP contribution in [0.3, 0.4) is 0 Å². The fourth-order valence-electron chi connectivity index (χ4n) is 4.30. The van der Waals surface area contributed by atoms with Crippen molar-refractivity contribution in [1.29, 1.82) is 0 Å². The number of ether oxygens (including phenoxy) is 1. The van der Waals surface area contributed by atoms with Crippen LogP contribution in [0.1, 0.15) is 22.4 Å². The van der Waals surface area contributed by atoms with Gasteiger partial charge >= 0.3 is 0 Å². The van der Waals surface area contributed by atoms with Gasteiger partial charge in [-0.3, -0.25) is 9.69 Å². The summed E-state index contributed by atoms with van der Waals surface area (Å²) in [4.78, 5) is 19.7. The number of rotatable bonds is 6. The van der Waals surface area contributed by atoms with E-state index in [1.807, 2.05) is 35.7 Å². The quantitative estimate of drug-likeness (QED) is 0.453. The van der Waals surface area contributed by atoms with Gasteiger partial charge in [0.15, 0.2) is 5.13 Å². The van der Waals surface area contributed by atoms with Gasteiger partial charge in [0.2, 0.25) is 5.91 Å². The molecule has 0 saturated heterocycles. The molecular weight excluding hydrogens is 418 g/mol. The van der Waals surface area contributed by atoms with E-state index in [9.17, 15) is 4.79 Å². The van der Waals surface area contributed by atoms with Gasteiger partial charge in [-0.05, 0) is 46.0 Å². The number of anilines is 1. The standard InChI is InChI=1S/C26H25N3O2S/c1-31-23-10-9-21-15-29(12-11-19(21)13-23)16-22-17-32-26(27-22)28-25(30)14-20-7-4-6-18-5-2-3-8-24(18)20/h2-10,13,17H,11-12,14-16H2,1H3,(H,27,28,30). The Kier molecular flexibility index (Phi) is 5.88. The summed E-state index contributed by atoms with van der Waals surface area (Å²) in [5, 5.41) is 7.94. The number of hydrogen-bond donors (Lipinski definition) is 1. The van der Waals surface area contributed by atoms with Crippen molar-refractivity contribution >= 4 is 33.1 Å². The Bertz CT molecular complexity index is 1260. The van der Waals surface area contributed by atoms with Crippen LogP contribution in [-0.4, -0.2) is 29.4 Å². The van der Waals surface area contributed by atoms with Crippen molar-refractivity contribution in [1.82, 2.24) is 9.88 Å². The Labute approximate surface area is 191 Å². The molecule has 0 unspecified atom stereocenters. The third-order valence-corrected chi connectivity index (χ3v) is 6.73. The molecular formula is C26H25N3O2S. The molecule has 1 aromatic heterocycles. The molecule has 0 radical (unpaired) electrons. The highest BCUT2D eigenvalue weighted by atomic mass is 32.1. The van der Waals surface area contributed by atoms with Gasteiger partial charge in [-0.2, -0.15) is 0 Å². The highest BCUT2D eigenvalue weighted by molar-refractivity contribution is 7.13. The van der Waals surface area contributed by atoms with Gasteiger partial charge < -0.3 is 10.1 Å². The van der Waals surface area contributed by atoms with E-state index in [-0.39, 0.29) is 5.91 Å². The number of nitrogens with zero attached hydrogens (tertiary/aromatic N) is 2. The van der Waals surface area contributed by atoms with Gasteiger partial charge in [-0.25, -0.2) is 4.98 Å². The third-order valence-electron chi connectivity index (χ3n) is 5.92. The van der Waals surface area contributed by atoms with Crippen molar-refractivity contribution in [3.05, 3.63) is 88.4 Å². The SMILES string of the molecule is COc1ccc2c(c1)CCN(Cc1csc(NC(=O)Cc3cccc4ccccc34)n1)C2. The number of nitrogens with one attached hydrogen (secondary N) is 1. The van der Waals surface area contributed by atoms with E-state index in [1.54, 1.807) is 7.11 Å². The topological polar surface area (TPSA) is 54.5 Å². The van der Waals surface area contributed by atoms with Crippen LogP contribution in [0.15, 0.2) is 66.0 Å². The average molecular weight is 444 g/mol. The average Bonchev–Trinajstić information content (AvgIpc) is 3.25. The molecule has 5 nitrogen and oxygen atoms in total. The summed E-state index contributed by atoms with van der Waals surface area (Å²) in [7, 11) is 1.71. The lowest BCUT2D eigenvalue weighted by Gasteiger charge is -2.28. The Balaban J connectivity index is 1.20. The van der Waals surface area contributed by atoms with E-state index < -0.39 is 0 Å². The van der Waals surface area contributed by atoms with Crippen molar-refractivity contribution in [3.8, 4) is 5.75 Å². The second kappa shape index (κ2) is 9.10. The molecule has 0 aliphatic carbocycles. The number of amides is 1. The van der Waals surface area contributed by atoms with Gasteiger partial charge in [0, 0.05) is 25.0 Å². The number of hydrogen-bond acceptors (Lipinski definition) is 5. The van der Waals surface area contributed by atoms with Gasteiger partial charge in [0.05, 0.1) is 19.2 Å². The van der Waals surface area contributed by atoms with Crippen LogP contribution >= 0.6 is 11.3 Å². The summed E-state index contributed by atoms with van der Waals surface area (Å²) in [5.74, 6) is 0.878. The Hall–Kier alpha value is -3.22. The lowest BCUT2D eigenvalue weighted by molar-refractivity contribution is -0.115. The summed E-state index contributed by atoms with van der Waals surface area (Å²) in [5.41, 5.74) is 4.73. The molecule has 4 aromatic rings. The van der Waals surface area contributed by atoms with Crippen LogP contribution in [0.5, 0.6) is 5.75 Å². The van der Waals surface area contributed by atoms with Crippen LogP contribution in [0.25, 0.3) is 10.8 Å². The molecule has 162 valence electrons. The van der Waals surface area contributed by atoms with Crippen molar-refractivity contribution in [2.75, 3.05) is 19.0 Å². The van der Waals surface area contributed by atoms with Crippen LogP contribution < -0.4 is 10.1 Å². The van der Waals surface area contributed by atoms with Crippen molar-refractivity contribution < 1.29 is 9.53 Å². The molecule has 3 aromatic carbocycles. The molecule has 1 aliphatic rings. The highest BCUT2D eigenvalue weighted by Gasteiger charge is 2.18. The minimum absolute atomic E-state index is 0.0388. The number of aromatic nitrogens is 1. The van der Waals surface area contributed by atoms with E-state index in [0.29, 0.717) is 11.6 Å². The normalized spacial score (nSPS) is 13.7. The number of thiazole rings is 1. The maximum Gasteiger partial charge on any atom is 0.230 e. The Morgan fingerprint density at radius 3 is 2.91 bits per heavy atom. The summed E-state index contributed by atoms with van der Waals surface area (Å²) < 4.78 is 5.34. The minimum Gasteiger partial charge on any atom is -0.497 e. The molecule has 32 heavy (non-hydrogen) atoms. The zero-order chi connectivity index (χ0) is 21.9. The molecule has 0 bridgehead atoms. The monoisotopic (exact) mass is 443 g/mol. The first-order valence-corrected chi connectivity index (χ1v) is 11.6. The van der Waals surface area contributed by atoms with E-state index in [1.165, 1.54) is 22.5 Å². The summed E-state index contributed by atoms with van der Waals surface area (Å²) in [6.45, 7) is 2.67. The fourth-order valence-corrected chi connectivity index (χ4v) is 5.02. The van der Waals surface area contributed by atoms with E-state index >= 15 is 0 Å². The second-order valence-electron chi connectivity index (χ2n) is 8.10. The molecule has 0 spiro atoms. The van der Waals surface area contributed by atoms with Crippen molar-refractivity contribution in [2.45, 2.75) is 25.9 Å². The zero-order valence-electron chi connectivity index (χ0n) is 18.0. The molecule has 6 heteroatoms. The third kappa shape index (κ3) is 4.52. The summed E-state index contributed by atoms with van der Waals surface area (Å²) >= 11 is 1.48. The Morgan fingerprint density at radius 2 is 2.00 bits per heavy atom. The smallest absolute Gasteiger partial charge is 0.230 e. The van der Waals surface area contributed by atoms with Gasteiger partial charge in [0.1, 0.15) is 5.75 Å². The lowest BCUT2D eigenvalue weighted by atomic mass is 9.99. The number of fused-ring (bicyclic) bond motifs is 2. The number of carbonyl (C=O) groups excluding carboxylic acids is 1. The second-order valence-corrected chi connectivity index (χ2v) is 8.96. The maximum absolute atomic E-state index is 12.6. The molecule has 1 amide bonds. The van der Waals surface area contributed by atoms with E-state index in [2.05, 4.69) is 45.5 Å². The zero-order valence-corrected chi connectivity index (χ0v) is 18.8. The molecule has 5 rings (SSSR count). The van der Waals surface area contributed by atoms with Crippen molar-refractivity contribution in [2.24, 2.45) is 0 Å². The summed E-state index contributed by atoms with van der Waals surface area (Å²) in [6.07, 6.45) is 1.34. The molecule has 2 heterocycles. The molecule has 1 aliphatic heterocycles. The first-order valence-electron chi connectivity index (χ1n) is 10.8. The fraction of sp³-hybridized carbons (Fsp3) is 0.231. The predicted octanol–water partition coefficient (Wildman–Crippen LogP) is 5.04. The van der Waals surface area contributed by atoms with E-state index in [0.717, 1.165) is 53.8 Å². The largest absolute Gasteiger partial charge is 0.497 e. The molecule has 0 saturated carbocycles. The van der Waals surface area contributed by atoms with Crippen LogP contribution in [-0.2, 0) is 30.7 Å². The molecule has 1 N–H and O–H groups in total. The molecule has 0 atom stereocenters. The predicted molar refractivity (Wildman–Crippen MR) is 129 cm³/mol. The summed E-state index contributed by atoms with van der Waals surface area (Å²) in [6, 6.07) is 20.5. The van der Waals surface area contributed by atoms with Gasteiger partial charge in [0.25, 0.3) is 0 Å². The minimum atomic E-state index is -0.0388. The van der Waals surface area contributed by atoms with Crippen LogP contribution in [0.4, 0.5) is 5.13 Å². The lowest BCUT2D eigenvalue weighted by Crippen LogP contribution is -2.30. The first kappa shape index (κ1) is 20.7. The van der Waals surface area contributed by atoms with Gasteiger partial charge in [-0.1, -0.05) is 48.5 Å².